The van der Waals surface area contributed by atoms with E-state index in [0.29, 0.717) is 6.42 Å². The molecule has 2 rings (SSSR count). The smallest absolute Gasteiger partial charge is 0.236 e. The van der Waals surface area contributed by atoms with Gasteiger partial charge in [0.25, 0.3) is 0 Å². The van der Waals surface area contributed by atoms with Crippen LogP contribution in [-0.2, 0) is 4.79 Å². The molecule has 1 fully saturated rings. The number of nitrogens with one attached hydrogen (secondary N) is 2. The second-order valence-corrected chi connectivity index (χ2v) is 3.12. The van der Waals surface area contributed by atoms with Gasteiger partial charge in [0.05, 0.1) is 6.04 Å². The summed E-state index contributed by atoms with van der Waals surface area (Å²) < 4.78 is 0. The van der Waals surface area contributed by atoms with Crippen LogP contribution in [0.15, 0.2) is 11.6 Å². The number of hydrogen-bond donors (Lipinski definition) is 2. The Labute approximate surface area is 65.8 Å². The highest BCUT2D eigenvalue weighted by atomic mass is 16.2. The zero-order valence-corrected chi connectivity index (χ0v) is 6.39. The first-order chi connectivity index (χ1) is 5.36. The Morgan fingerprint density at radius 3 is 3.00 bits per heavy atom. The van der Waals surface area contributed by atoms with Crippen LogP contribution in [0.1, 0.15) is 25.7 Å². The topological polar surface area (TPSA) is 41.1 Å². The molecule has 3 nitrogen and oxygen atoms in total. The number of allylic oxidation sites excluding steroid dienone is 1. The largest absolute Gasteiger partial charge is 0.291 e. The van der Waals surface area contributed by atoms with Crippen molar-refractivity contribution in [3.63, 3.8) is 0 Å². The van der Waals surface area contributed by atoms with Crippen LogP contribution >= 0.6 is 0 Å². The second kappa shape index (κ2) is 2.66. The SMILES string of the molecule is O=C1C[C@H](C2=CCCC2)NN1. The van der Waals surface area contributed by atoms with E-state index >= 15 is 0 Å². The molecule has 1 saturated heterocycles. The number of rotatable bonds is 1. The molecule has 1 aliphatic carbocycles. The molecule has 1 atom stereocenters. The Bertz CT molecular complexity index is 210. The van der Waals surface area contributed by atoms with E-state index < -0.39 is 0 Å². The molecule has 1 amide bonds. The summed E-state index contributed by atoms with van der Waals surface area (Å²) in [6.07, 6.45) is 6.46. The lowest BCUT2D eigenvalue weighted by atomic mass is 10.1. The molecule has 11 heavy (non-hydrogen) atoms. The lowest BCUT2D eigenvalue weighted by Crippen LogP contribution is -2.32. The minimum atomic E-state index is 0.114. The fraction of sp³-hybridized carbons (Fsp3) is 0.625. The van der Waals surface area contributed by atoms with Crippen LogP contribution in [0, 0.1) is 0 Å². The Balaban J connectivity index is 2.00. The minimum Gasteiger partial charge on any atom is -0.291 e. The van der Waals surface area contributed by atoms with Gasteiger partial charge in [-0.05, 0) is 19.3 Å². The van der Waals surface area contributed by atoms with Gasteiger partial charge >= 0.3 is 0 Å². The minimum absolute atomic E-state index is 0.114. The number of amides is 1. The molecule has 0 spiro atoms. The molecule has 0 saturated carbocycles. The predicted molar refractivity (Wildman–Crippen MR) is 41.6 cm³/mol. The van der Waals surface area contributed by atoms with Gasteiger partial charge < -0.3 is 0 Å². The molecule has 0 aromatic carbocycles. The monoisotopic (exact) mass is 152 g/mol. The first-order valence-electron chi connectivity index (χ1n) is 4.09. The molecule has 2 aliphatic rings. The molecule has 0 bridgehead atoms. The Morgan fingerprint density at radius 1 is 1.55 bits per heavy atom. The molecular weight excluding hydrogens is 140 g/mol. The van der Waals surface area contributed by atoms with Gasteiger partial charge in [-0.3, -0.25) is 10.2 Å². The molecule has 2 N–H and O–H groups in total. The Morgan fingerprint density at radius 2 is 2.45 bits per heavy atom. The Kier molecular flexibility index (Phi) is 1.66. The average molecular weight is 152 g/mol. The number of carbonyl (C=O) groups is 1. The molecule has 0 radical (unpaired) electrons. The lowest BCUT2D eigenvalue weighted by molar-refractivity contribution is -0.119. The van der Waals surface area contributed by atoms with Gasteiger partial charge in [0.1, 0.15) is 0 Å². The van der Waals surface area contributed by atoms with Crippen LogP contribution in [0.3, 0.4) is 0 Å². The maximum Gasteiger partial charge on any atom is 0.236 e. The summed E-state index contributed by atoms with van der Waals surface area (Å²) in [7, 11) is 0. The van der Waals surface area contributed by atoms with Crippen molar-refractivity contribution in [1.82, 2.24) is 10.9 Å². The van der Waals surface area contributed by atoms with E-state index in [1.54, 1.807) is 0 Å². The van der Waals surface area contributed by atoms with Crippen LogP contribution in [0.2, 0.25) is 0 Å². The molecule has 60 valence electrons. The van der Waals surface area contributed by atoms with E-state index in [9.17, 15) is 4.79 Å². The van der Waals surface area contributed by atoms with E-state index in [1.807, 2.05) is 0 Å². The molecule has 1 heterocycles. The van der Waals surface area contributed by atoms with Crippen LogP contribution in [0.4, 0.5) is 0 Å². The zero-order chi connectivity index (χ0) is 7.68. The van der Waals surface area contributed by atoms with Gasteiger partial charge in [0.15, 0.2) is 0 Å². The molecule has 0 aromatic rings. The lowest BCUT2D eigenvalue weighted by Gasteiger charge is -2.08. The normalized spacial score (nSPS) is 30.4. The summed E-state index contributed by atoms with van der Waals surface area (Å²) in [5.41, 5.74) is 7.00. The summed E-state index contributed by atoms with van der Waals surface area (Å²) in [6, 6.07) is 0.282. The van der Waals surface area contributed by atoms with Crippen molar-refractivity contribution in [1.29, 1.82) is 0 Å². The van der Waals surface area contributed by atoms with Crippen molar-refractivity contribution in [2.45, 2.75) is 31.7 Å². The Hall–Kier alpha value is -0.830. The maximum atomic E-state index is 10.8. The maximum absolute atomic E-state index is 10.8. The van der Waals surface area contributed by atoms with Gasteiger partial charge in [-0.1, -0.05) is 11.6 Å². The highest BCUT2D eigenvalue weighted by Gasteiger charge is 2.25. The molecular formula is C8H12N2O. The summed E-state index contributed by atoms with van der Waals surface area (Å²) in [6.45, 7) is 0. The van der Waals surface area contributed by atoms with Gasteiger partial charge in [-0.15, -0.1) is 0 Å². The predicted octanol–water partition coefficient (Wildman–Crippen LogP) is 0.490. The number of hydrogen-bond acceptors (Lipinski definition) is 2. The number of carbonyl (C=O) groups excluding carboxylic acids is 1. The van der Waals surface area contributed by atoms with Crippen LogP contribution in [0.5, 0.6) is 0 Å². The van der Waals surface area contributed by atoms with Gasteiger partial charge in [0, 0.05) is 6.42 Å². The zero-order valence-electron chi connectivity index (χ0n) is 6.39. The van der Waals surface area contributed by atoms with E-state index in [1.165, 1.54) is 18.4 Å². The summed E-state index contributed by atoms with van der Waals surface area (Å²) in [5.74, 6) is 0.114. The summed E-state index contributed by atoms with van der Waals surface area (Å²) >= 11 is 0. The van der Waals surface area contributed by atoms with E-state index in [-0.39, 0.29) is 11.9 Å². The van der Waals surface area contributed by atoms with Crippen molar-refractivity contribution in [2.75, 3.05) is 0 Å². The first-order valence-corrected chi connectivity index (χ1v) is 4.09. The average Bonchev–Trinajstić information content (AvgIpc) is 2.55. The van der Waals surface area contributed by atoms with Crippen molar-refractivity contribution in [3.8, 4) is 0 Å². The van der Waals surface area contributed by atoms with Crippen molar-refractivity contribution in [2.24, 2.45) is 0 Å². The molecule has 3 heteroatoms. The van der Waals surface area contributed by atoms with E-state index in [0.717, 1.165) is 6.42 Å². The summed E-state index contributed by atoms with van der Waals surface area (Å²) in [5, 5.41) is 0. The van der Waals surface area contributed by atoms with E-state index in [4.69, 9.17) is 0 Å². The first kappa shape index (κ1) is 6.85. The van der Waals surface area contributed by atoms with Crippen molar-refractivity contribution >= 4 is 5.91 Å². The molecule has 0 aromatic heterocycles. The van der Waals surface area contributed by atoms with Crippen LogP contribution in [0.25, 0.3) is 0 Å². The third-order valence-electron chi connectivity index (χ3n) is 2.30. The van der Waals surface area contributed by atoms with Crippen LogP contribution < -0.4 is 10.9 Å². The van der Waals surface area contributed by atoms with Crippen LogP contribution in [-0.4, -0.2) is 11.9 Å². The fourth-order valence-corrected chi connectivity index (χ4v) is 1.69. The van der Waals surface area contributed by atoms with Gasteiger partial charge in [-0.2, -0.15) is 0 Å². The third kappa shape index (κ3) is 1.28. The standard InChI is InChI=1S/C8H12N2O/c11-8-5-7(9-10-8)6-3-1-2-4-6/h3,7,9H,1-2,4-5H2,(H,10,11)/t7-/m1/s1. The fourth-order valence-electron chi connectivity index (χ4n) is 1.69. The number of hydrazine groups is 1. The summed E-state index contributed by atoms with van der Waals surface area (Å²) in [4.78, 5) is 10.8. The van der Waals surface area contributed by atoms with Crippen molar-refractivity contribution < 1.29 is 4.79 Å². The molecule has 1 aliphatic heterocycles. The van der Waals surface area contributed by atoms with Crippen molar-refractivity contribution in [3.05, 3.63) is 11.6 Å². The highest BCUT2D eigenvalue weighted by molar-refractivity contribution is 5.78. The second-order valence-electron chi connectivity index (χ2n) is 3.12. The quantitative estimate of drug-likeness (QED) is 0.537. The van der Waals surface area contributed by atoms with Gasteiger partial charge in [-0.25, -0.2) is 5.43 Å². The highest BCUT2D eigenvalue weighted by Crippen LogP contribution is 2.23. The third-order valence-corrected chi connectivity index (χ3v) is 2.30. The molecule has 0 unspecified atom stereocenters. The van der Waals surface area contributed by atoms with Gasteiger partial charge in [0.2, 0.25) is 5.91 Å². The van der Waals surface area contributed by atoms with E-state index in [2.05, 4.69) is 16.9 Å².